The summed E-state index contributed by atoms with van der Waals surface area (Å²) < 4.78 is 18.4. The smallest absolute Gasteiger partial charge is 0.239 e. The number of carbonyl (C=O) groups is 1. The van der Waals surface area contributed by atoms with Gasteiger partial charge >= 0.3 is 0 Å². The zero-order valence-electron chi connectivity index (χ0n) is 11.3. The van der Waals surface area contributed by atoms with E-state index in [1.807, 2.05) is 0 Å². The standard InChI is InChI=1S/C14H19N3O2S/c15-20(16,19)8-13(18)17-14-11-5-1-3-9(11)7-10-4-2-6-12(10)14/h7H,1-6,8H2,(H,17,18)(H3,15,16,19). The lowest BCUT2D eigenvalue weighted by atomic mass is 9.98. The van der Waals surface area contributed by atoms with Crippen molar-refractivity contribution >= 4 is 21.5 Å². The van der Waals surface area contributed by atoms with Gasteiger partial charge in [-0.05, 0) is 60.8 Å². The van der Waals surface area contributed by atoms with Crippen molar-refractivity contribution in [1.29, 1.82) is 4.78 Å². The van der Waals surface area contributed by atoms with Gasteiger partial charge in [-0.1, -0.05) is 6.07 Å². The molecule has 1 aromatic carbocycles. The Kier molecular flexibility index (Phi) is 3.30. The van der Waals surface area contributed by atoms with Gasteiger partial charge in [-0.3, -0.25) is 4.79 Å². The minimum absolute atomic E-state index is 0.415. The van der Waals surface area contributed by atoms with Crippen LogP contribution in [0.4, 0.5) is 5.69 Å². The van der Waals surface area contributed by atoms with E-state index in [0.29, 0.717) is 0 Å². The third kappa shape index (κ3) is 2.58. The molecule has 2 aliphatic rings. The fraction of sp³-hybridized carbons (Fsp3) is 0.500. The number of nitrogens with two attached hydrogens (primary N) is 1. The van der Waals surface area contributed by atoms with E-state index < -0.39 is 21.6 Å². The molecule has 4 N–H and O–H groups in total. The lowest BCUT2D eigenvalue weighted by molar-refractivity contribution is -0.113. The van der Waals surface area contributed by atoms with Crippen LogP contribution >= 0.6 is 0 Å². The third-order valence-corrected chi connectivity index (χ3v) is 4.77. The average molecular weight is 293 g/mol. The zero-order valence-corrected chi connectivity index (χ0v) is 12.1. The molecule has 108 valence electrons. The lowest BCUT2D eigenvalue weighted by Gasteiger charge is -2.16. The molecule has 2 aliphatic carbocycles. The first-order valence-corrected chi connectivity index (χ1v) is 8.73. The molecule has 0 saturated heterocycles. The molecule has 0 fully saturated rings. The van der Waals surface area contributed by atoms with Crippen LogP contribution in [0.5, 0.6) is 0 Å². The molecular weight excluding hydrogens is 274 g/mol. The van der Waals surface area contributed by atoms with Crippen LogP contribution in [0.2, 0.25) is 0 Å². The van der Waals surface area contributed by atoms with E-state index in [2.05, 4.69) is 11.4 Å². The number of nitrogens with one attached hydrogen (secondary N) is 2. The molecule has 0 saturated carbocycles. The molecule has 1 aromatic rings. The lowest BCUT2D eigenvalue weighted by Crippen LogP contribution is -2.27. The molecule has 0 bridgehead atoms. The largest absolute Gasteiger partial charge is 0.325 e. The Hall–Kier alpha value is -1.40. The molecule has 6 heteroatoms. The van der Waals surface area contributed by atoms with Crippen molar-refractivity contribution in [2.75, 3.05) is 11.1 Å². The van der Waals surface area contributed by atoms with E-state index >= 15 is 0 Å². The number of benzene rings is 1. The Balaban J connectivity index is 1.95. The molecule has 0 heterocycles. The quantitative estimate of drug-likeness (QED) is 0.787. The number of aryl methyl sites for hydroxylation is 2. The van der Waals surface area contributed by atoms with Gasteiger partial charge in [0.05, 0.1) is 0 Å². The molecule has 0 aromatic heterocycles. The van der Waals surface area contributed by atoms with Crippen LogP contribution in [0.25, 0.3) is 0 Å². The summed E-state index contributed by atoms with van der Waals surface area (Å²) in [4.78, 5) is 11.9. The molecule has 5 nitrogen and oxygen atoms in total. The van der Waals surface area contributed by atoms with Gasteiger partial charge < -0.3 is 5.32 Å². The fourth-order valence-electron chi connectivity index (χ4n) is 3.34. The summed E-state index contributed by atoms with van der Waals surface area (Å²) in [6.45, 7) is 0. The van der Waals surface area contributed by atoms with Gasteiger partial charge in [0.2, 0.25) is 5.91 Å². The highest BCUT2D eigenvalue weighted by molar-refractivity contribution is 7.90. The van der Waals surface area contributed by atoms with Crippen molar-refractivity contribution in [3.63, 3.8) is 0 Å². The van der Waals surface area contributed by atoms with Gasteiger partial charge in [-0.25, -0.2) is 14.1 Å². The van der Waals surface area contributed by atoms with Crippen molar-refractivity contribution in [1.82, 2.24) is 0 Å². The minimum Gasteiger partial charge on any atom is -0.325 e. The van der Waals surface area contributed by atoms with E-state index in [-0.39, 0.29) is 0 Å². The summed E-state index contributed by atoms with van der Waals surface area (Å²) in [6, 6.07) is 2.29. The van der Waals surface area contributed by atoms with E-state index in [4.69, 9.17) is 9.92 Å². The molecule has 3 rings (SSSR count). The number of carbonyl (C=O) groups excluding carboxylic acids is 1. The highest BCUT2D eigenvalue weighted by Gasteiger charge is 2.25. The predicted molar refractivity (Wildman–Crippen MR) is 79.0 cm³/mol. The van der Waals surface area contributed by atoms with Crippen molar-refractivity contribution in [3.8, 4) is 0 Å². The number of hydrogen-bond donors (Lipinski definition) is 3. The van der Waals surface area contributed by atoms with E-state index in [1.165, 1.54) is 22.3 Å². The molecule has 1 unspecified atom stereocenters. The van der Waals surface area contributed by atoms with E-state index in [0.717, 1.165) is 44.2 Å². The number of hydrogen-bond acceptors (Lipinski definition) is 3. The van der Waals surface area contributed by atoms with Gasteiger partial charge in [0.25, 0.3) is 0 Å². The first-order valence-electron chi connectivity index (χ1n) is 6.94. The van der Waals surface area contributed by atoms with Gasteiger partial charge in [-0.15, -0.1) is 0 Å². The van der Waals surface area contributed by atoms with Crippen LogP contribution in [0, 0.1) is 4.78 Å². The second-order valence-corrected chi connectivity index (χ2v) is 7.39. The molecule has 0 radical (unpaired) electrons. The summed E-state index contributed by atoms with van der Waals surface area (Å²) in [7, 11) is -3.28. The van der Waals surface area contributed by atoms with Crippen LogP contribution < -0.4 is 10.5 Å². The normalized spacial score (nSPS) is 19.2. The molecule has 20 heavy (non-hydrogen) atoms. The van der Waals surface area contributed by atoms with Gasteiger partial charge in [-0.2, -0.15) is 0 Å². The fourth-order valence-corrected chi connectivity index (χ4v) is 3.80. The summed E-state index contributed by atoms with van der Waals surface area (Å²) in [5.74, 6) is -0.854. The van der Waals surface area contributed by atoms with Gasteiger partial charge in [0.15, 0.2) is 0 Å². The summed E-state index contributed by atoms with van der Waals surface area (Å²) in [5.41, 5.74) is 6.04. The monoisotopic (exact) mass is 293 g/mol. The molecule has 1 amide bonds. The molecule has 1 atom stereocenters. The Morgan fingerprint density at radius 2 is 1.75 bits per heavy atom. The Morgan fingerprint density at radius 3 is 2.25 bits per heavy atom. The number of fused-ring (bicyclic) bond motifs is 2. The molecule has 0 spiro atoms. The summed E-state index contributed by atoms with van der Waals surface area (Å²) in [5, 5.41) is 8.03. The third-order valence-electron chi connectivity index (χ3n) is 4.08. The zero-order chi connectivity index (χ0) is 14.3. The second kappa shape index (κ2) is 4.86. The number of rotatable bonds is 3. The molecule has 0 aliphatic heterocycles. The SMILES string of the molecule is N=S(N)(=O)CC(=O)Nc1c2c(cc3c1CCC3)CCC2. The van der Waals surface area contributed by atoms with E-state index in [1.54, 1.807) is 0 Å². The highest BCUT2D eigenvalue weighted by atomic mass is 32.2. The van der Waals surface area contributed by atoms with Crippen LogP contribution in [0.15, 0.2) is 6.07 Å². The minimum atomic E-state index is -3.28. The van der Waals surface area contributed by atoms with Crippen LogP contribution in [0.1, 0.15) is 35.1 Å². The summed E-state index contributed by atoms with van der Waals surface area (Å²) >= 11 is 0. The Bertz CT molecular complexity index is 648. The second-order valence-electron chi connectivity index (χ2n) is 5.65. The van der Waals surface area contributed by atoms with Gasteiger partial charge in [0, 0.05) is 5.69 Å². The maximum atomic E-state index is 11.9. The number of anilines is 1. The Labute approximate surface area is 119 Å². The van der Waals surface area contributed by atoms with Gasteiger partial charge in [0.1, 0.15) is 15.7 Å². The molecular formula is C14H19N3O2S. The van der Waals surface area contributed by atoms with Crippen molar-refractivity contribution in [2.45, 2.75) is 38.5 Å². The predicted octanol–water partition coefficient (Wildman–Crippen LogP) is 1.52. The van der Waals surface area contributed by atoms with Crippen LogP contribution in [-0.4, -0.2) is 15.9 Å². The number of amides is 1. The topological polar surface area (TPSA) is 96.0 Å². The van der Waals surface area contributed by atoms with Crippen molar-refractivity contribution in [2.24, 2.45) is 5.14 Å². The Morgan fingerprint density at radius 1 is 1.20 bits per heavy atom. The van der Waals surface area contributed by atoms with Crippen LogP contribution in [-0.2, 0) is 40.4 Å². The first-order chi connectivity index (χ1) is 9.44. The maximum absolute atomic E-state index is 11.9. The highest BCUT2D eigenvalue weighted by Crippen LogP contribution is 2.38. The maximum Gasteiger partial charge on any atom is 0.239 e. The van der Waals surface area contributed by atoms with E-state index in [9.17, 15) is 9.00 Å². The summed E-state index contributed by atoms with van der Waals surface area (Å²) in [6.07, 6.45) is 6.34. The first kappa shape index (κ1) is 13.6. The van der Waals surface area contributed by atoms with Crippen molar-refractivity contribution < 1.29 is 9.00 Å². The average Bonchev–Trinajstić information content (AvgIpc) is 2.93. The van der Waals surface area contributed by atoms with Crippen LogP contribution in [0.3, 0.4) is 0 Å². The van der Waals surface area contributed by atoms with Crippen molar-refractivity contribution in [3.05, 3.63) is 28.3 Å².